The van der Waals surface area contributed by atoms with Crippen molar-refractivity contribution in [2.24, 2.45) is 0 Å². The lowest BCUT2D eigenvalue weighted by molar-refractivity contribution is -0.148. The van der Waals surface area contributed by atoms with Gasteiger partial charge in [0.15, 0.2) is 0 Å². The molecular formula is C12H25F2NO2. The number of hydrogen-bond donors (Lipinski definition) is 1. The number of rotatable bonds is 2. The van der Waals surface area contributed by atoms with Crippen LogP contribution in [-0.4, -0.2) is 31.1 Å². The van der Waals surface area contributed by atoms with Crippen LogP contribution in [0.15, 0.2) is 0 Å². The maximum absolute atomic E-state index is 12.6. The lowest BCUT2D eigenvalue weighted by Gasteiger charge is -2.27. The van der Waals surface area contributed by atoms with E-state index >= 15 is 0 Å². The molecule has 0 amide bonds. The van der Waals surface area contributed by atoms with Crippen molar-refractivity contribution in [1.29, 1.82) is 0 Å². The van der Waals surface area contributed by atoms with Crippen molar-refractivity contribution in [2.75, 3.05) is 13.2 Å². The third kappa shape index (κ3) is 8.07. The second kappa shape index (κ2) is 10.4. The van der Waals surface area contributed by atoms with E-state index in [4.69, 9.17) is 4.74 Å². The van der Waals surface area contributed by atoms with Crippen LogP contribution in [0.2, 0.25) is 0 Å². The molecular weight excluding hydrogens is 228 g/mol. The third-order valence-corrected chi connectivity index (χ3v) is 1.98. The predicted octanol–water partition coefficient (Wildman–Crippen LogP) is 2.99. The molecule has 0 saturated carbocycles. The molecule has 1 unspecified atom stereocenters. The van der Waals surface area contributed by atoms with Crippen LogP contribution in [0.4, 0.5) is 8.78 Å². The van der Waals surface area contributed by atoms with Gasteiger partial charge in [-0.2, -0.15) is 0 Å². The highest BCUT2D eigenvalue weighted by Gasteiger charge is 2.37. The lowest BCUT2D eigenvalue weighted by atomic mass is 10.0. The van der Waals surface area contributed by atoms with Gasteiger partial charge in [-0.3, -0.25) is 10.1 Å². The molecule has 1 aliphatic heterocycles. The molecule has 17 heavy (non-hydrogen) atoms. The van der Waals surface area contributed by atoms with Crippen molar-refractivity contribution in [3.63, 3.8) is 0 Å². The highest BCUT2D eigenvalue weighted by molar-refractivity contribution is 5.75. The molecule has 0 aliphatic carbocycles. The normalized spacial score (nSPS) is 21.2. The van der Waals surface area contributed by atoms with Gasteiger partial charge in [-0.05, 0) is 13.3 Å². The summed E-state index contributed by atoms with van der Waals surface area (Å²) in [5.74, 6) is -3.11. The first-order chi connectivity index (χ1) is 8.05. The molecule has 0 aromatic heterocycles. The van der Waals surface area contributed by atoms with Gasteiger partial charge in [0.2, 0.25) is 0 Å². The van der Waals surface area contributed by atoms with E-state index < -0.39 is 24.5 Å². The Morgan fingerprint density at radius 3 is 2.24 bits per heavy atom. The first kappa shape index (κ1) is 18.6. The van der Waals surface area contributed by atoms with Gasteiger partial charge in [-0.15, -0.1) is 0 Å². The molecule has 104 valence electrons. The van der Waals surface area contributed by atoms with E-state index in [1.54, 1.807) is 6.92 Å². The molecule has 0 spiro atoms. The number of carbonyl (C=O) groups excluding carboxylic acids is 1. The topological polar surface area (TPSA) is 38.3 Å². The minimum atomic E-state index is -2.68. The van der Waals surface area contributed by atoms with E-state index in [0.29, 0.717) is 0 Å². The van der Waals surface area contributed by atoms with E-state index in [-0.39, 0.29) is 19.4 Å². The Labute approximate surface area is 103 Å². The minimum Gasteiger partial charge on any atom is -0.465 e. The summed E-state index contributed by atoms with van der Waals surface area (Å²) in [5, 5.41) is 2.47. The van der Waals surface area contributed by atoms with Crippen LogP contribution >= 0.6 is 0 Å². The maximum Gasteiger partial charge on any atom is 0.323 e. The van der Waals surface area contributed by atoms with Gasteiger partial charge in [-0.1, -0.05) is 27.7 Å². The number of piperidine rings is 1. The summed E-state index contributed by atoms with van der Waals surface area (Å²) < 4.78 is 29.9. The molecule has 1 rings (SSSR count). The van der Waals surface area contributed by atoms with Crippen LogP contribution in [0, 0.1) is 0 Å². The number of halogens is 2. The smallest absolute Gasteiger partial charge is 0.323 e. The van der Waals surface area contributed by atoms with Gasteiger partial charge in [0.1, 0.15) is 6.04 Å². The molecule has 1 aliphatic rings. The summed E-state index contributed by atoms with van der Waals surface area (Å²) in [4.78, 5) is 11.1. The highest BCUT2D eigenvalue weighted by atomic mass is 19.3. The fraction of sp³-hybridized carbons (Fsp3) is 0.917. The Kier molecular flexibility index (Phi) is 11.5. The monoisotopic (exact) mass is 253 g/mol. The van der Waals surface area contributed by atoms with Crippen molar-refractivity contribution in [2.45, 2.75) is 59.4 Å². The molecule has 1 heterocycles. The van der Waals surface area contributed by atoms with Crippen molar-refractivity contribution >= 4 is 5.97 Å². The quantitative estimate of drug-likeness (QED) is 0.769. The Morgan fingerprint density at radius 1 is 1.35 bits per heavy atom. The van der Waals surface area contributed by atoms with Gasteiger partial charge in [0, 0.05) is 6.42 Å². The zero-order valence-electron chi connectivity index (χ0n) is 11.5. The van der Waals surface area contributed by atoms with Crippen LogP contribution in [0.5, 0.6) is 0 Å². The van der Waals surface area contributed by atoms with E-state index in [2.05, 4.69) is 5.32 Å². The fourth-order valence-electron chi connectivity index (χ4n) is 1.26. The van der Waals surface area contributed by atoms with Gasteiger partial charge in [-0.25, -0.2) is 8.78 Å². The Bertz CT molecular complexity index is 189. The largest absolute Gasteiger partial charge is 0.465 e. The highest BCUT2D eigenvalue weighted by Crippen LogP contribution is 2.24. The van der Waals surface area contributed by atoms with Crippen LogP contribution < -0.4 is 5.32 Å². The Morgan fingerprint density at radius 2 is 1.88 bits per heavy atom. The predicted molar refractivity (Wildman–Crippen MR) is 65.3 cm³/mol. The number of nitrogens with one attached hydrogen (secondary N) is 1. The molecule has 1 N–H and O–H groups in total. The molecule has 1 fully saturated rings. The van der Waals surface area contributed by atoms with Crippen molar-refractivity contribution < 1.29 is 18.3 Å². The standard InChI is InChI=1S/C8H13F2NO2.2C2H6/c1-2-13-7(12)6-3-4-8(9,10)5-11-6;2*1-2/h6,11H,2-5H2,1H3;2*1-2H3. The number of ether oxygens (including phenoxy) is 1. The molecule has 5 heteroatoms. The SMILES string of the molecule is CC.CC.CCOC(=O)C1CCC(F)(F)CN1. The van der Waals surface area contributed by atoms with Gasteiger partial charge < -0.3 is 4.74 Å². The third-order valence-electron chi connectivity index (χ3n) is 1.98. The van der Waals surface area contributed by atoms with E-state index in [1.165, 1.54) is 0 Å². The average Bonchev–Trinajstić information content (AvgIpc) is 2.34. The van der Waals surface area contributed by atoms with Crippen molar-refractivity contribution in [1.82, 2.24) is 5.32 Å². The number of alkyl halides is 2. The second-order valence-corrected chi connectivity index (χ2v) is 3.08. The van der Waals surface area contributed by atoms with Gasteiger partial charge in [0.25, 0.3) is 5.92 Å². The summed E-state index contributed by atoms with van der Waals surface area (Å²) in [5.41, 5.74) is 0. The summed E-state index contributed by atoms with van der Waals surface area (Å²) in [6, 6.07) is -0.556. The zero-order chi connectivity index (χ0) is 13.9. The molecule has 0 aromatic rings. The first-order valence-corrected chi connectivity index (χ1v) is 6.33. The number of carbonyl (C=O) groups is 1. The summed E-state index contributed by atoms with van der Waals surface area (Å²) in [6.07, 6.45) is -0.102. The fourth-order valence-corrected chi connectivity index (χ4v) is 1.26. The first-order valence-electron chi connectivity index (χ1n) is 6.33. The molecule has 0 bridgehead atoms. The summed E-state index contributed by atoms with van der Waals surface area (Å²) in [7, 11) is 0. The average molecular weight is 253 g/mol. The van der Waals surface area contributed by atoms with Crippen LogP contribution in [-0.2, 0) is 9.53 Å². The number of esters is 1. The molecule has 1 saturated heterocycles. The summed E-state index contributed by atoms with van der Waals surface area (Å²) >= 11 is 0. The zero-order valence-corrected chi connectivity index (χ0v) is 11.5. The van der Waals surface area contributed by atoms with E-state index in [1.807, 2.05) is 27.7 Å². The maximum atomic E-state index is 12.6. The molecule has 1 atom stereocenters. The van der Waals surface area contributed by atoms with E-state index in [0.717, 1.165) is 0 Å². The second-order valence-electron chi connectivity index (χ2n) is 3.08. The number of hydrogen-bond acceptors (Lipinski definition) is 3. The van der Waals surface area contributed by atoms with E-state index in [9.17, 15) is 13.6 Å². The van der Waals surface area contributed by atoms with Gasteiger partial charge >= 0.3 is 5.97 Å². The Hall–Kier alpha value is -0.710. The minimum absolute atomic E-state index is 0.145. The van der Waals surface area contributed by atoms with Crippen molar-refractivity contribution in [3.05, 3.63) is 0 Å². The van der Waals surface area contributed by atoms with Crippen molar-refractivity contribution in [3.8, 4) is 0 Å². The van der Waals surface area contributed by atoms with Crippen LogP contribution in [0.25, 0.3) is 0 Å². The Balaban J connectivity index is 0. The van der Waals surface area contributed by atoms with Crippen LogP contribution in [0.3, 0.4) is 0 Å². The molecule has 0 aromatic carbocycles. The van der Waals surface area contributed by atoms with Gasteiger partial charge in [0.05, 0.1) is 13.2 Å². The van der Waals surface area contributed by atoms with Crippen LogP contribution in [0.1, 0.15) is 47.5 Å². The lowest BCUT2D eigenvalue weighted by Crippen LogP contribution is -2.49. The molecule has 3 nitrogen and oxygen atoms in total. The molecule has 0 radical (unpaired) electrons. The summed E-state index contributed by atoms with van der Waals surface area (Å²) in [6.45, 7) is 9.54.